The van der Waals surface area contributed by atoms with Gasteiger partial charge in [0.1, 0.15) is 11.5 Å². The molecule has 4 N–H and O–H groups in total. The van der Waals surface area contributed by atoms with E-state index in [4.69, 9.17) is 20.9 Å². The lowest BCUT2D eigenvalue weighted by Crippen LogP contribution is -2.17. The van der Waals surface area contributed by atoms with Gasteiger partial charge in [0.2, 0.25) is 0 Å². The Morgan fingerprint density at radius 1 is 1.25 bits per heavy atom. The van der Waals surface area contributed by atoms with Crippen molar-refractivity contribution < 1.29 is 9.47 Å². The van der Waals surface area contributed by atoms with Crippen LogP contribution in [0.5, 0.6) is 11.5 Å². The molecule has 90 valence electrons. The molecule has 1 unspecified atom stereocenters. The van der Waals surface area contributed by atoms with Gasteiger partial charge in [-0.2, -0.15) is 0 Å². The summed E-state index contributed by atoms with van der Waals surface area (Å²) in [5.74, 6) is 1.54. The van der Waals surface area contributed by atoms with Crippen LogP contribution in [0.4, 0.5) is 0 Å². The lowest BCUT2D eigenvalue weighted by molar-refractivity contribution is 0.387. The Kier molecular flexibility index (Phi) is 4.58. The van der Waals surface area contributed by atoms with E-state index in [1.54, 1.807) is 14.2 Å². The van der Waals surface area contributed by atoms with E-state index < -0.39 is 0 Å². The van der Waals surface area contributed by atoms with Crippen LogP contribution < -0.4 is 20.9 Å². The molecule has 0 bridgehead atoms. The molecule has 4 heteroatoms. The Morgan fingerprint density at radius 2 is 1.94 bits per heavy atom. The number of hydrogen-bond acceptors (Lipinski definition) is 4. The van der Waals surface area contributed by atoms with Gasteiger partial charge in [-0.25, -0.2) is 0 Å². The van der Waals surface area contributed by atoms with Gasteiger partial charge in [0.25, 0.3) is 0 Å². The highest BCUT2D eigenvalue weighted by molar-refractivity contribution is 5.47. The standard InChI is InChI=1S/C12H20N2O2/c1-8-6-9(15-2)7-11(16-3)12(8)10(14)4-5-13/h6-7,10H,4-5,13-14H2,1-3H3. The molecular weight excluding hydrogens is 204 g/mol. The zero-order valence-corrected chi connectivity index (χ0v) is 10.1. The van der Waals surface area contributed by atoms with Crippen LogP contribution >= 0.6 is 0 Å². The molecule has 0 aliphatic carbocycles. The normalized spacial score (nSPS) is 12.3. The number of benzene rings is 1. The van der Waals surface area contributed by atoms with Crippen LogP contribution in [0.3, 0.4) is 0 Å². The van der Waals surface area contributed by atoms with E-state index in [-0.39, 0.29) is 6.04 Å². The van der Waals surface area contributed by atoms with Crippen molar-refractivity contribution in [2.45, 2.75) is 19.4 Å². The highest BCUT2D eigenvalue weighted by atomic mass is 16.5. The molecule has 1 rings (SSSR count). The fraction of sp³-hybridized carbons (Fsp3) is 0.500. The minimum atomic E-state index is -0.0918. The highest BCUT2D eigenvalue weighted by Gasteiger charge is 2.15. The summed E-state index contributed by atoms with van der Waals surface area (Å²) in [6.45, 7) is 2.56. The van der Waals surface area contributed by atoms with Gasteiger partial charge in [-0.1, -0.05) is 0 Å². The summed E-state index contributed by atoms with van der Waals surface area (Å²) in [4.78, 5) is 0. The van der Waals surface area contributed by atoms with E-state index in [9.17, 15) is 0 Å². The van der Waals surface area contributed by atoms with Gasteiger partial charge in [-0.3, -0.25) is 0 Å². The Balaban J connectivity index is 3.15. The van der Waals surface area contributed by atoms with Crippen molar-refractivity contribution in [3.05, 3.63) is 23.3 Å². The van der Waals surface area contributed by atoms with E-state index in [0.29, 0.717) is 6.54 Å². The molecule has 0 fully saturated rings. The lowest BCUT2D eigenvalue weighted by Gasteiger charge is -2.18. The first kappa shape index (κ1) is 12.8. The number of ether oxygens (including phenoxy) is 2. The maximum absolute atomic E-state index is 6.07. The van der Waals surface area contributed by atoms with Gasteiger partial charge in [-0.05, 0) is 31.5 Å². The van der Waals surface area contributed by atoms with Crippen molar-refractivity contribution >= 4 is 0 Å². The summed E-state index contributed by atoms with van der Waals surface area (Å²) in [6.07, 6.45) is 0.740. The number of rotatable bonds is 5. The molecule has 0 heterocycles. The zero-order valence-electron chi connectivity index (χ0n) is 10.1. The van der Waals surface area contributed by atoms with Crippen molar-refractivity contribution in [3.8, 4) is 11.5 Å². The van der Waals surface area contributed by atoms with Crippen LogP contribution in [0.25, 0.3) is 0 Å². The minimum Gasteiger partial charge on any atom is -0.497 e. The van der Waals surface area contributed by atoms with Crippen LogP contribution in [0, 0.1) is 6.92 Å². The van der Waals surface area contributed by atoms with E-state index in [1.807, 2.05) is 19.1 Å². The van der Waals surface area contributed by atoms with Crippen LogP contribution in [0.1, 0.15) is 23.6 Å². The molecule has 0 spiro atoms. The molecule has 16 heavy (non-hydrogen) atoms. The quantitative estimate of drug-likeness (QED) is 0.792. The Labute approximate surface area is 96.5 Å². The lowest BCUT2D eigenvalue weighted by atomic mass is 9.98. The molecule has 4 nitrogen and oxygen atoms in total. The molecule has 0 amide bonds. The third kappa shape index (κ3) is 2.65. The molecule has 0 aliphatic heterocycles. The van der Waals surface area contributed by atoms with Gasteiger partial charge < -0.3 is 20.9 Å². The molecule has 0 saturated carbocycles. The largest absolute Gasteiger partial charge is 0.497 e. The molecule has 1 aromatic carbocycles. The molecule has 0 aromatic heterocycles. The van der Waals surface area contributed by atoms with Crippen molar-refractivity contribution in [3.63, 3.8) is 0 Å². The minimum absolute atomic E-state index is 0.0918. The first-order valence-corrected chi connectivity index (χ1v) is 5.32. The Bertz CT molecular complexity index is 353. The maximum Gasteiger partial charge on any atom is 0.127 e. The maximum atomic E-state index is 6.07. The average molecular weight is 224 g/mol. The van der Waals surface area contributed by atoms with Crippen molar-refractivity contribution in [2.24, 2.45) is 11.5 Å². The summed E-state index contributed by atoms with van der Waals surface area (Å²) in [5, 5.41) is 0. The topological polar surface area (TPSA) is 70.5 Å². The third-order valence-electron chi connectivity index (χ3n) is 2.63. The van der Waals surface area contributed by atoms with E-state index in [2.05, 4.69) is 0 Å². The first-order valence-electron chi connectivity index (χ1n) is 5.32. The molecule has 0 saturated heterocycles. The van der Waals surface area contributed by atoms with Gasteiger partial charge >= 0.3 is 0 Å². The molecule has 1 aromatic rings. The van der Waals surface area contributed by atoms with Gasteiger partial charge in [-0.15, -0.1) is 0 Å². The summed E-state index contributed by atoms with van der Waals surface area (Å²) in [7, 11) is 3.26. The van der Waals surface area contributed by atoms with Gasteiger partial charge in [0.05, 0.1) is 14.2 Å². The van der Waals surface area contributed by atoms with Gasteiger partial charge in [0, 0.05) is 17.7 Å². The number of aryl methyl sites for hydroxylation is 1. The van der Waals surface area contributed by atoms with Crippen molar-refractivity contribution in [1.29, 1.82) is 0 Å². The monoisotopic (exact) mass is 224 g/mol. The Hall–Kier alpha value is -1.26. The van der Waals surface area contributed by atoms with Crippen molar-refractivity contribution in [1.82, 2.24) is 0 Å². The number of methoxy groups -OCH3 is 2. The predicted molar refractivity (Wildman–Crippen MR) is 64.9 cm³/mol. The SMILES string of the molecule is COc1cc(C)c(C(N)CCN)c(OC)c1. The van der Waals surface area contributed by atoms with E-state index in [0.717, 1.165) is 29.0 Å². The average Bonchev–Trinajstić information content (AvgIpc) is 2.27. The number of nitrogens with two attached hydrogens (primary N) is 2. The molecular formula is C12H20N2O2. The second-order valence-corrected chi connectivity index (χ2v) is 3.74. The fourth-order valence-electron chi connectivity index (χ4n) is 1.82. The summed E-state index contributed by atoms with van der Waals surface area (Å²) >= 11 is 0. The molecule has 0 radical (unpaired) electrons. The second-order valence-electron chi connectivity index (χ2n) is 3.74. The van der Waals surface area contributed by atoms with Gasteiger partial charge in [0.15, 0.2) is 0 Å². The number of hydrogen-bond donors (Lipinski definition) is 2. The van der Waals surface area contributed by atoms with E-state index >= 15 is 0 Å². The highest BCUT2D eigenvalue weighted by Crippen LogP contribution is 2.33. The third-order valence-corrected chi connectivity index (χ3v) is 2.63. The molecule has 1 atom stereocenters. The Morgan fingerprint density at radius 3 is 2.44 bits per heavy atom. The van der Waals surface area contributed by atoms with Crippen LogP contribution in [0.15, 0.2) is 12.1 Å². The predicted octanol–water partition coefficient (Wildman–Crippen LogP) is 1.36. The first-order chi connectivity index (χ1) is 7.63. The summed E-state index contributed by atoms with van der Waals surface area (Å²) in [6, 6.07) is 3.71. The van der Waals surface area contributed by atoms with E-state index in [1.165, 1.54) is 0 Å². The van der Waals surface area contributed by atoms with Crippen LogP contribution in [-0.4, -0.2) is 20.8 Å². The molecule has 0 aliphatic rings. The van der Waals surface area contributed by atoms with Crippen LogP contribution in [-0.2, 0) is 0 Å². The smallest absolute Gasteiger partial charge is 0.127 e. The second kappa shape index (κ2) is 5.72. The zero-order chi connectivity index (χ0) is 12.1. The fourth-order valence-corrected chi connectivity index (χ4v) is 1.82. The summed E-state index contributed by atoms with van der Waals surface area (Å²) in [5.41, 5.74) is 13.7. The van der Waals surface area contributed by atoms with Crippen LogP contribution in [0.2, 0.25) is 0 Å². The van der Waals surface area contributed by atoms with Crippen molar-refractivity contribution in [2.75, 3.05) is 20.8 Å². The summed E-state index contributed by atoms with van der Waals surface area (Å²) < 4.78 is 10.5.